The number of aliphatic hydroxyl groups is 1. The largest absolute Gasteiger partial charge is 0.391 e. The van der Waals surface area contributed by atoms with Gasteiger partial charge in [0.2, 0.25) is 5.91 Å². The fourth-order valence-corrected chi connectivity index (χ4v) is 2.99. The van der Waals surface area contributed by atoms with E-state index in [4.69, 9.17) is 5.73 Å². The summed E-state index contributed by atoms with van der Waals surface area (Å²) in [5.74, 6) is -0.377. The molecule has 2 aromatic rings. The molecule has 0 saturated carbocycles. The van der Waals surface area contributed by atoms with E-state index in [9.17, 15) is 14.7 Å². The standard InChI is InChI=1S/C17H22N4O3/c1-20-6-7-21-14-4-2-12(8-11(14)9-15(21)17(20)24)19-10-13(22)3-5-16(18)23/h2,4,8-9,13,19,22H,3,5-7,10H2,1H3,(H2,18,23)/t13-/m1/s1. The lowest BCUT2D eigenvalue weighted by Gasteiger charge is -2.24. The molecule has 1 aliphatic heterocycles. The summed E-state index contributed by atoms with van der Waals surface area (Å²) in [5.41, 5.74) is 7.68. The third-order valence-electron chi connectivity index (χ3n) is 4.39. The van der Waals surface area contributed by atoms with Gasteiger partial charge in [0.1, 0.15) is 5.69 Å². The summed E-state index contributed by atoms with van der Waals surface area (Å²) in [5, 5.41) is 14.0. The van der Waals surface area contributed by atoms with Crippen LogP contribution in [0.25, 0.3) is 10.9 Å². The second kappa shape index (κ2) is 6.52. The van der Waals surface area contributed by atoms with Crippen molar-refractivity contribution in [2.45, 2.75) is 25.5 Å². The number of nitrogens with one attached hydrogen (secondary N) is 1. The highest BCUT2D eigenvalue weighted by Gasteiger charge is 2.23. The lowest BCUT2D eigenvalue weighted by atomic mass is 10.2. The summed E-state index contributed by atoms with van der Waals surface area (Å²) < 4.78 is 2.04. The number of aromatic nitrogens is 1. The molecule has 1 aromatic carbocycles. The summed E-state index contributed by atoms with van der Waals surface area (Å²) in [4.78, 5) is 24.7. The van der Waals surface area contributed by atoms with Crippen LogP contribution in [0.5, 0.6) is 0 Å². The van der Waals surface area contributed by atoms with Crippen molar-refractivity contribution in [1.29, 1.82) is 0 Å². The molecule has 24 heavy (non-hydrogen) atoms. The zero-order valence-corrected chi connectivity index (χ0v) is 13.7. The Morgan fingerprint density at radius 1 is 1.38 bits per heavy atom. The molecule has 0 unspecified atom stereocenters. The molecule has 0 bridgehead atoms. The number of likely N-dealkylation sites (N-methyl/N-ethyl adjacent to an activating group) is 1. The topological polar surface area (TPSA) is 101 Å². The van der Waals surface area contributed by atoms with Gasteiger partial charge in [-0.2, -0.15) is 0 Å². The van der Waals surface area contributed by atoms with Crippen molar-refractivity contribution in [3.05, 3.63) is 30.0 Å². The predicted octanol–water partition coefficient (Wildman–Crippen LogP) is 0.765. The van der Waals surface area contributed by atoms with Gasteiger partial charge in [0.05, 0.1) is 6.10 Å². The highest BCUT2D eigenvalue weighted by atomic mass is 16.3. The first-order chi connectivity index (χ1) is 11.5. The zero-order valence-electron chi connectivity index (χ0n) is 13.7. The molecule has 128 valence electrons. The van der Waals surface area contributed by atoms with Crippen LogP contribution in [-0.2, 0) is 11.3 Å². The number of nitrogens with zero attached hydrogens (tertiary/aromatic N) is 2. The first kappa shape index (κ1) is 16.3. The van der Waals surface area contributed by atoms with Crippen molar-refractivity contribution < 1.29 is 14.7 Å². The van der Waals surface area contributed by atoms with Gasteiger partial charge >= 0.3 is 0 Å². The van der Waals surface area contributed by atoms with Gasteiger partial charge in [-0.05, 0) is 30.7 Å². The Hall–Kier alpha value is -2.54. The Kier molecular flexibility index (Phi) is 4.44. The van der Waals surface area contributed by atoms with Gasteiger partial charge in [-0.1, -0.05) is 0 Å². The van der Waals surface area contributed by atoms with Crippen molar-refractivity contribution in [3.63, 3.8) is 0 Å². The Balaban J connectivity index is 1.73. The molecule has 7 heteroatoms. The molecule has 0 fully saturated rings. The van der Waals surface area contributed by atoms with Crippen LogP contribution in [0.15, 0.2) is 24.3 Å². The maximum atomic E-state index is 12.2. The number of nitrogens with two attached hydrogens (primary N) is 1. The SMILES string of the molecule is CN1CCn2c(cc3cc(NC[C@H](O)CCC(N)=O)ccc32)C1=O. The van der Waals surface area contributed by atoms with Crippen LogP contribution in [0.1, 0.15) is 23.3 Å². The molecule has 0 radical (unpaired) electrons. The number of hydrogen-bond acceptors (Lipinski definition) is 4. The molecule has 0 saturated heterocycles. The van der Waals surface area contributed by atoms with Crippen LogP contribution >= 0.6 is 0 Å². The first-order valence-electron chi connectivity index (χ1n) is 8.04. The average Bonchev–Trinajstić information content (AvgIpc) is 2.93. The summed E-state index contributed by atoms with van der Waals surface area (Å²) in [6, 6.07) is 7.78. The number of aliphatic hydroxyl groups excluding tert-OH is 1. The normalized spacial score (nSPS) is 15.4. The minimum atomic E-state index is -0.634. The van der Waals surface area contributed by atoms with Crippen LogP contribution in [0.3, 0.4) is 0 Å². The van der Waals surface area contributed by atoms with Gasteiger partial charge < -0.3 is 25.6 Å². The van der Waals surface area contributed by atoms with E-state index in [0.29, 0.717) is 25.2 Å². The van der Waals surface area contributed by atoms with E-state index in [2.05, 4.69) is 5.32 Å². The maximum Gasteiger partial charge on any atom is 0.270 e. The molecule has 2 amide bonds. The number of carbonyl (C=O) groups is 2. The molecule has 1 aliphatic rings. The van der Waals surface area contributed by atoms with Crippen molar-refractivity contribution in [2.24, 2.45) is 5.73 Å². The van der Waals surface area contributed by atoms with Crippen LogP contribution in [0, 0.1) is 0 Å². The van der Waals surface area contributed by atoms with Gasteiger partial charge in [0.25, 0.3) is 5.91 Å². The molecule has 0 spiro atoms. The van der Waals surface area contributed by atoms with Crippen LogP contribution in [0.2, 0.25) is 0 Å². The second-order valence-electron chi connectivity index (χ2n) is 6.22. The Morgan fingerprint density at radius 3 is 2.92 bits per heavy atom. The Bertz CT molecular complexity index is 783. The second-order valence-corrected chi connectivity index (χ2v) is 6.22. The van der Waals surface area contributed by atoms with E-state index < -0.39 is 12.0 Å². The highest BCUT2D eigenvalue weighted by Crippen LogP contribution is 2.26. The van der Waals surface area contributed by atoms with Crippen molar-refractivity contribution in [3.8, 4) is 0 Å². The van der Waals surface area contributed by atoms with E-state index in [-0.39, 0.29) is 12.3 Å². The van der Waals surface area contributed by atoms with Crippen LogP contribution < -0.4 is 11.1 Å². The first-order valence-corrected chi connectivity index (χ1v) is 8.04. The van der Waals surface area contributed by atoms with Crippen molar-refractivity contribution in [2.75, 3.05) is 25.5 Å². The van der Waals surface area contributed by atoms with Gasteiger partial charge in [-0.3, -0.25) is 9.59 Å². The third kappa shape index (κ3) is 3.21. The molecular weight excluding hydrogens is 308 g/mol. The van der Waals surface area contributed by atoms with Gasteiger partial charge in [0, 0.05) is 49.7 Å². The van der Waals surface area contributed by atoms with Crippen LogP contribution in [-0.4, -0.2) is 52.6 Å². The summed E-state index contributed by atoms with van der Waals surface area (Å²) >= 11 is 0. The number of anilines is 1. The van der Waals surface area contributed by atoms with E-state index in [0.717, 1.165) is 23.1 Å². The van der Waals surface area contributed by atoms with Crippen molar-refractivity contribution >= 4 is 28.4 Å². The lowest BCUT2D eigenvalue weighted by Crippen LogP contribution is -2.36. The minimum Gasteiger partial charge on any atom is -0.391 e. The van der Waals surface area contributed by atoms with E-state index in [1.54, 1.807) is 4.90 Å². The van der Waals surface area contributed by atoms with Gasteiger partial charge in [-0.25, -0.2) is 0 Å². The Morgan fingerprint density at radius 2 is 2.17 bits per heavy atom. The zero-order chi connectivity index (χ0) is 17.3. The maximum absolute atomic E-state index is 12.2. The summed E-state index contributed by atoms with van der Waals surface area (Å²) in [6.45, 7) is 1.84. The fraction of sp³-hybridized carbons (Fsp3) is 0.412. The minimum absolute atomic E-state index is 0.0360. The fourth-order valence-electron chi connectivity index (χ4n) is 2.99. The lowest BCUT2D eigenvalue weighted by molar-refractivity contribution is -0.118. The summed E-state index contributed by atoms with van der Waals surface area (Å²) in [7, 11) is 1.81. The number of hydrogen-bond donors (Lipinski definition) is 3. The molecule has 3 rings (SSSR count). The van der Waals surface area contributed by atoms with Crippen molar-refractivity contribution in [1.82, 2.24) is 9.47 Å². The molecule has 1 atom stereocenters. The van der Waals surface area contributed by atoms with E-state index in [1.807, 2.05) is 35.9 Å². The molecule has 0 aliphatic carbocycles. The summed E-state index contributed by atoms with van der Waals surface area (Å²) in [6.07, 6.45) is -0.124. The number of amides is 2. The highest BCUT2D eigenvalue weighted by molar-refractivity contribution is 6.00. The smallest absolute Gasteiger partial charge is 0.270 e. The van der Waals surface area contributed by atoms with E-state index in [1.165, 1.54) is 0 Å². The number of fused-ring (bicyclic) bond motifs is 3. The van der Waals surface area contributed by atoms with Gasteiger partial charge in [0.15, 0.2) is 0 Å². The number of carbonyl (C=O) groups excluding carboxylic acids is 2. The molecule has 4 N–H and O–H groups in total. The van der Waals surface area contributed by atoms with E-state index >= 15 is 0 Å². The van der Waals surface area contributed by atoms with Crippen LogP contribution in [0.4, 0.5) is 5.69 Å². The molecule has 7 nitrogen and oxygen atoms in total. The number of benzene rings is 1. The quantitative estimate of drug-likeness (QED) is 0.728. The predicted molar refractivity (Wildman–Crippen MR) is 91.8 cm³/mol. The number of rotatable bonds is 6. The monoisotopic (exact) mass is 330 g/mol. The molecule has 2 heterocycles. The molecular formula is C17H22N4O3. The average molecular weight is 330 g/mol. The Labute approximate surface area is 140 Å². The van der Waals surface area contributed by atoms with Gasteiger partial charge in [-0.15, -0.1) is 0 Å². The third-order valence-corrected chi connectivity index (χ3v) is 4.39. The number of primary amides is 1. The molecule has 1 aromatic heterocycles.